The van der Waals surface area contributed by atoms with Gasteiger partial charge in [0.25, 0.3) is 0 Å². The number of carbonyl (C=O) groups is 2. The van der Waals surface area contributed by atoms with Crippen molar-refractivity contribution in [2.24, 2.45) is 10.2 Å². The van der Waals surface area contributed by atoms with Gasteiger partial charge in [0.15, 0.2) is 5.00 Å². The Morgan fingerprint density at radius 3 is 2.22 bits per heavy atom. The SMILES string of the molecule is CCN(CCC(C)(CC)OCC(C)(CC)OC(=O)c1ccccc1C(=O)O)c1ccc(/N=N/c2sc(C#N)c(C)c2C#N)c(C)c1. The van der Waals surface area contributed by atoms with Crippen molar-refractivity contribution >= 4 is 39.7 Å². The van der Waals surface area contributed by atoms with E-state index in [-0.39, 0.29) is 17.7 Å². The van der Waals surface area contributed by atoms with Gasteiger partial charge in [0.1, 0.15) is 22.6 Å². The quantitative estimate of drug-likeness (QED) is 0.128. The Morgan fingerprint density at radius 2 is 1.65 bits per heavy atom. The fraction of sp³-hybridized carbons (Fsp3) is 0.429. The van der Waals surface area contributed by atoms with Gasteiger partial charge in [-0.3, -0.25) is 0 Å². The molecule has 1 heterocycles. The highest BCUT2D eigenvalue weighted by atomic mass is 32.1. The highest BCUT2D eigenvalue weighted by Crippen LogP contribution is 2.36. The third kappa shape index (κ3) is 8.57. The van der Waals surface area contributed by atoms with Gasteiger partial charge in [0.2, 0.25) is 0 Å². The number of rotatable bonds is 15. The first kappa shape index (κ1) is 35.9. The maximum Gasteiger partial charge on any atom is 0.339 e. The summed E-state index contributed by atoms with van der Waals surface area (Å²) in [5.41, 5.74) is 2.08. The molecule has 3 aromatic rings. The number of anilines is 1. The van der Waals surface area contributed by atoms with E-state index in [0.29, 0.717) is 46.1 Å². The molecule has 1 N–H and O–H groups in total. The summed E-state index contributed by atoms with van der Waals surface area (Å²) in [6.45, 7) is 15.2. The van der Waals surface area contributed by atoms with Crippen LogP contribution in [0.3, 0.4) is 0 Å². The molecule has 242 valence electrons. The highest BCUT2D eigenvalue weighted by Gasteiger charge is 2.33. The number of azo groups is 1. The predicted molar refractivity (Wildman–Crippen MR) is 179 cm³/mol. The molecule has 0 spiro atoms. The Hall–Kier alpha value is -4.58. The number of nitrogens with zero attached hydrogens (tertiary/aromatic N) is 5. The van der Waals surface area contributed by atoms with Crippen molar-refractivity contribution in [2.45, 2.75) is 78.9 Å². The number of esters is 1. The molecule has 46 heavy (non-hydrogen) atoms. The molecule has 0 saturated carbocycles. The molecular formula is C35H41N5O5S. The molecule has 0 radical (unpaired) electrons. The summed E-state index contributed by atoms with van der Waals surface area (Å²) in [5, 5.41) is 37.4. The number of hydrogen-bond acceptors (Lipinski definition) is 10. The zero-order valence-corrected chi connectivity index (χ0v) is 28.3. The summed E-state index contributed by atoms with van der Waals surface area (Å²) in [6, 6.07) is 16.2. The minimum Gasteiger partial charge on any atom is -0.478 e. The van der Waals surface area contributed by atoms with Gasteiger partial charge < -0.3 is 19.5 Å². The van der Waals surface area contributed by atoms with Crippen molar-refractivity contribution < 1.29 is 24.2 Å². The number of aromatic carboxylic acids is 1. The lowest BCUT2D eigenvalue weighted by molar-refractivity contribution is -0.116. The van der Waals surface area contributed by atoms with Gasteiger partial charge in [-0.15, -0.1) is 21.6 Å². The summed E-state index contributed by atoms with van der Waals surface area (Å²) >= 11 is 1.16. The first-order valence-corrected chi connectivity index (χ1v) is 16.1. The second-order valence-electron chi connectivity index (χ2n) is 11.6. The maximum atomic E-state index is 13.0. The zero-order valence-electron chi connectivity index (χ0n) is 27.5. The summed E-state index contributed by atoms with van der Waals surface area (Å²) < 4.78 is 12.3. The van der Waals surface area contributed by atoms with Gasteiger partial charge in [0.05, 0.1) is 34.6 Å². The van der Waals surface area contributed by atoms with Crippen molar-refractivity contribution in [3.8, 4) is 12.1 Å². The van der Waals surface area contributed by atoms with Gasteiger partial charge in [-0.05, 0) is 95.3 Å². The smallest absolute Gasteiger partial charge is 0.339 e. The van der Waals surface area contributed by atoms with Gasteiger partial charge in [-0.1, -0.05) is 26.0 Å². The minimum absolute atomic E-state index is 0.0102. The number of thiophene rings is 1. The topological polar surface area (TPSA) is 148 Å². The standard InChI is InChI=1S/C35H41N5O5S/c1-8-34(6,44-22-35(7,9-2)45-33(43)27-14-12-11-13-26(27)32(41)42)17-18-40(10-3)25-15-16-29(23(4)19-25)38-39-31-28(20-36)24(5)30(21-37)46-31/h11-16,19H,8-10,17-18,22H2,1-7H3,(H,41,42)/b39-38+. The number of ether oxygens (including phenoxy) is 2. The molecule has 3 rings (SSSR count). The van der Waals surface area contributed by atoms with Crippen LogP contribution in [0.25, 0.3) is 0 Å². The molecule has 2 aromatic carbocycles. The van der Waals surface area contributed by atoms with Crippen LogP contribution in [0.15, 0.2) is 52.7 Å². The lowest BCUT2D eigenvalue weighted by atomic mass is 9.96. The molecule has 1 aromatic heterocycles. The number of aryl methyl sites for hydroxylation is 1. The fourth-order valence-electron chi connectivity index (χ4n) is 4.70. The van der Waals surface area contributed by atoms with Crippen LogP contribution >= 0.6 is 11.3 Å². The third-order valence-corrected chi connectivity index (χ3v) is 9.45. The second kappa shape index (κ2) is 15.6. The number of benzene rings is 2. The average molecular weight is 644 g/mol. The van der Waals surface area contributed by atoms with Crippen molar-refractivity contribution in [3.05, 3.63) is 75.2 Å². The van der Waals surface area contributed by atoms with E-state index in [2.05, 4.69) is 47.2 Å². The van der Waals surface area contributed by atoms with Crippen LogP contribution in [-0.4, -0.2) is 47.9 Å². The number of nitriles is 2. The number of carbonyl (C=O) groups excluding carboxylic acids is 1. The molecule has 11 heteroatoms. The van der Waals surface area contributed by atoms with E-state index in [9.17, 15) is 25.2 Å². The molecular weight excluding hydrogens is 602 g/mol. The van der Waals surface area contributed by atoms with E-state index in [4.69, 9.17) is 9.47 Å². The minimum atomic E-state index is -1.19. The van der Waals surface area contributed by atoms with E-state index in [1.54, 1.807) is 26.0 Å². The van der Waals surface area contributed by atoms with E-state index in [0.717, 1.165) is 35.6 Å². The molecule has 0 aliphatic heterocycles. The molecule has 2 unspecified atom stereocenters. The van der Waals surface area contributed by atoms with Crippen molar-refractivity contribution in [3.63, 3.8) is 0 Å². The third-order valence-electron chi connectivity index (χ3n) is 8.37. The molecule has 0 aliphatic rings. The largest absolute Gasteiger partial charge is 0.478 e. The van der Waals surface area contributed by atoms with Gasteiger partial charge in [-0.2, -0.15) is 10.5 Å². The van der Waals surface area contributed by atoms with Crippen LogP contribution in [0.1, 0.15) is 96.2 Å². The van der Waals surface area contributed by atoms with Crippen molar-refractivity contribution in [2.75, 3.05) is 24.6 Å². The first-order valence-electron chi connectivity index (χ1n) is 15.2. The number of carboxylic acids is 1. The predicted octanol–water partition coefficient (Wildman–Crippen LogP) is 8.65. The van der Waals surface area contributed by atoms with Gasteiger partial charge in [0, 0.05) is 18.8 Å². The van der Waals surface area contributed by atoms with E-state index in [1.807, 2.05) is 32.9 Å². The van der Waals surface area contributed by atoms with E-state index in [1.165, 1.54) is 12.1 Å². The van der Waals surface area contributed by atoms with Gasteiger partial charge in [-0.25, -0.2) is 9.59 Å². The lowest BCUT2D eigenvalue weighted by Crippen LogP contribution is -2.42. The fourth-order valence-corrected chi connectivity index (χ4v) is 5.58. The van der Waals surface area contributed by atoms with Crippen LogP contribution in [0.4, 0.5) is 16.4 Å². The number of hydrogen-bond donors (Lipinski definition) is 1. The molecule has 0 fully saturated rings. The molecule has 10 nitrogen and oxygen atoms in total. The van der Waals surface area contributed by atoms with Gasteiger partial charge >= 0.3 is 11.9 Å². The summed E-state index contributed by atoms with van der Waals surface area (Å²) in [7, 11) is 0. The van der Waals surface area contributed by atoms with Crippen molar-refractivity contribution in [1.82, 2.24) is 0 Å². The molecule has 0 amide bonds. The van der Waals surface area contributed by atoms with Crippen LogP contribution in [0.2, 0.25) is 0 Å². The van der Waals surface area contributed by atoms with Crippen LogP contribution in [0, 0.1) is 36.5 Å². The van der Waals surface area contributed by atoms with Crippen molar-refractivity contribution in [1.29, 1.82) is 10.5 Å². The Kier molecular flexibility index (Phi) is 12.2. The monoisotopic (exact) mass is 643 g/mol. The summed E-state index contributed by atoms with van der Waals surface area (Å²) in [6.07, 6.45) is 1.93. The summed E-state index contributed by atoms with van der Waals surface area (Å²) in [5.74, 6) is -1.88. The molecule has 0 bridgehead atoms. The first-order chi connectivity index (χ1) is 21.8. The molecule has 0 aliphatic carbocycles. The average Bonchev–Trinajstić information content (AvgIpc) is 3.37. The van der Waals surface area contributed by atoms with Crippen LogP contribution in [0.5, 0.6) is 0 Å². The number of carboxylic acid groups (broad SMARTS) is 1. The van der Waals surface area contributed by atoms with E-state index >= 15 is 0 Å². The highest BCUT2D eigenvalue weighted by molar-refractivity contribution is 7.16. The molecule has 2 atom stereocenters. The van der Waals surface area contributed by atoms with Crippen LogP contribution in [-0.2, 0) is 9.47 Å². The van der Waals surface area contributed by atoms with E-state index < -0.39 is 23.1 Å². The molecule has 0 saturated heterocycles. The Balaban J connectivity index is 1.68. The normalized spacial score (nSPS) is 13.8. The Bertz CT molecular complexity index is 1690. The maximum absolute atomic E-state index is 13.0. The zero-order chi connectivity index (χ0) is 34.1. The summed E-state index contributed by atoms with van der Waals surface area (Å²) in [4.78, 5) is 27.3. The Labute approximate surface area is 274 Å². The lowest BCUT2D eigenvalue weighted by Gasteiger charge is -2.36. The Morgan fingerprint density at radius 1 is 0.978 bits per heavy atom. The second-order valence-corrected chi connectivity index (χ2v) is 12.6. The van der Waals surface area contributed by atoms with Crippen LogP contribution < -0.4 is 4.90 Å².